The quantitative estimate of drug-likeness (QED) is 0.217. The lowest BCUT2D eigenvalue weighted by Crippen LogP contribution is -2.11. The van der Waals surface area contributed by atoms with Gasteiger partial charge in [0.25, 0.3) is 0 Å². The van der Waals surface area contributed by atoms with E-state index in [1.54, 1.807) is 49.4 Å². The number of aromatic nitrogens is 1. The highest BCUT2D eigenvalue weighted by Gasteiger charge is 2.31. The number of benzene rings is 3. The molecule has 1 aliphatic heterocycles. The van der Waals surface area contributed by atoms with Gasteiger partial charge in [0.2, 0.25) is 5.78 Å². The molecule has 0 fully saturated rings. The van der Waals surface area contributed by atoms with Crippen molar-refractivity contribution in [1.82, 2.24) is 4.57 Å². The van der Waals surface area contributed by atoms with Crippen molar-refractivity contribution in [3.63, 3.8) is 0 Å². The van der Waals surface area contributed by atoms with Gasteiger partial charge >= 0.3 is 5.97 Å². The van der Waals surface area contributed by atoms with Crippen LogP contribution in [0.25, 0.3) is 17.0 Å². The van der Waals surface area contributed by atoms with Crippen LogP contribution in [0.4, 0.5) is 0 Å². The summed E-state index contributed by atoms with van der Waals surface area (Å²) in [5.74, 6) is 0.647. The summed E-state index contributed by atoms with van der Waals surface area (Å²) in [6.07, 6.45) is 3.79. The molecule has 4 aromatic rings. The molecule has 0 aliphatic carbocycles. The number of nitrogens with zero attached hydrogens (tertiary/aromatic N) is 1. The lowest BCUT2D eigenvalue weighted by Gasteiger charge is -2.11. The van der Waals surface area contributed by atoms with E-state index in [0.29, 0.717) is 33.9 Å². The number of hydrogen-bond donors (Lipinski definition) is 0. The van der Waals surface area contributed by atoms with Gasteiger partial charge in [-0.1, -0.05) is 30.3 Å². The minimum atomic E-state index is -0.548. The highest BCUT2D eigenvalue weighted by Crippen LogP contribution is 2.40. The number of carbonyl (C=O) groups is 2. The molecule has 3 aromatic carbocycles. The van der Waals surface area contributed by atoms with Crippen LogP contribution >= 0.6 is 0 Å². The number of hydrogen-bond acceptors (Lipinski definition) is 5. The molecule has 0 saturated heterocycles. The number of aryl methyl sites for hydroxylation is 1. The number of ketones is 1. The fraction of sp³-hybridized carbons (Fsp3) is 0.143. The van der Waals surface area contributed by atoms with E-state index < -0.39 is 5.97 Å². The van der Waals surface area contributed by atoms with Crippen LogP contribution in [0, 0.1) is 6.92 Å². The normalized spacial score (nSPS) is 13.7. The summed E-state index contributed by atoms with van der Waals surface area (Å²) < 4.78 is 19.0. The Kier molecular flexibility index (Phi) is 5.42. The van der Waals surface area contributed by atoms with Crippen LogP contribution in [0.1, 0.15) is 38.8 Å². The molecular weight excluding hydrogens is 430 g/mol. The van der Waals surface area contributed by atoms with E-state index in [1.165, 1.54) is 7.11 Å². The Morgan fingerprint density at radius 2 is 1.79 bits per heavy atom. The molecule has 0 bridgehead atoms. The Hall–Kier alpha value is -4.32. The molecule has 0 N–H and O–H groups in total. The van der Waals surface area contributed by atoms with Crippen LogP contribution in [0.3, 0.4) is 0 Å². The predicted octanol–water partition coefficient (Wildman–Crippen LogP) is 5.81. The predicted molar refractivity (Wildman–Crippen MR) is 130 cm³/mol. The second-order valence-corrected chi connectivity index (χ2v) is 7.98. The molecule has 34 heavy (non-hydrogen) atoms. The smallest absolute Gasteiger partial charge is 0.347 e. The third kappa shape index (κ3) is 3.53. The molecule has 2 heterocycles. The SMILES string of the molecule is CCn1cc(/C=C2/Oc3c(ccc(OC(=O)c4ccccc4OC)c3C)C2=O)c2ccccc21. The Balaban J connectivity index is 1.47. The molecule has 0 amide bonds. The summed E-state index contributed by atoms with van der Waals surface area (Å²) in [6.45, 7) is 4.66. The van der Waals surface area contributed by atoms with Gasteiger partial charge in [-0.25, -0.2) is 4.79 Å². The summed E-state index contributed by atoms with van der Waals surface area (Å²) in [5, 5.41) is 1.05. The summed E-state index contributed by atoms with van der Waals surface area (Å²) in [7, 11) is 1.50. The molecule has 0 unspecified atom stereocenters. The monoisotopic (exact) mass is 453 g/mol. The van der Waals surface area contributed by atoms with Crippen molar-refractivity contribution in [3.05, 3.63) is 94.9 Å². The Labute approximate surface area is 197 Å². The van der Waals surface area contributed by atoms with Gasteiger partial charge in [0, 0.05) is 34.8 Å². The van der Waals surface area contributed by atoms with E-state index >= 15 is 0 Å². The average molecular weight is 453 g/mol. The third-order valence-electron chi connectivity index (χ3n) is 6.01. The molecule has 6 nitrogen and oxygen atoms in total. The number of allylic oxidation sites excluding steroid dienone is 1. The zero-order valence-corrected chi connectivity index (χ0v) is 19.1. The van der Waals surface area contributed by atoms with E-state index in [9.17, 15) is 9.59 Å². The van der Waals surface area contributed by atoms with Crippen molar-refractivity contribution in [1.29, 1.82) is 0 Å². The highest BCUT2D eigenvalue weighted by atomic mass is 16.5. The topological polar surface area (TPSA) is 66.8 Å². The van der Waals surface area contributed by atoms with E-state index in [-0.39, 0.29) is 11.5 Å². The van der Waals surface area contributed by atoms with Crippen molar-refractivity contribution >= 4 is 28.7 Å². The lowest BCUT2D eigenvalue weighted by molar-refractivity contribution is 0.0729. The van der Waals surface area contributed by atoms with Crippen LogP contribution in [-0.4, -0.2) is 23.4 Å². The minimum absolute atomic E-state index is 0.200. The summed E-state index contributed by atoms with van der Waals surface area (Å²) in [5.41, 5.74) is 3.35. The number of fused-ring (bicyclic) bond motifs is 2. The number of esters is 1. The average Bonchev–Trinajstić information content (AvgIpc) is 3.38. The van der Waals surface area contributed by atoms with Gasteiger partial charge in [-0.15, -0.1) is 0 Å². The number of ether oxygens (including phenoxy) is 3. The van der Waals surface area contributed by atoms with Crippen molar-refractivity contribution < 1.29 is 23.8 Å². The lowest BCUT2D eigenvalue weighted by atomic mass is 10.1. The zero-order valence-electron chi connectivity index (χ0n) is 19.1. The number of methoxy groups -OCH3 is 1. The Bertz CT molecular complexity index is 1480. The van der Waals surface area contributed by atoms with Crippen LogP contribution in [0.2, 0.25) is 0 Å². The molecular formula is C28H23NO5. The first kappa shape index (κ1) is 21.5. The van der Waals surface area contributed by atoms with Gasteiger partial charge in [-0.3, -0.25) is 4.79 Å². The fourth-order valence-corrected chi connectivity index (χ4v) is 4.24. The van der Waals surface area contributed by atoms with Crippen LogP contribution in [-0.2, 0) is 6.54 Å². The highest BCUT2D eigenvalue weighted by molar-refractivity contribution is 6.15. The molecule has 170 valence electrons. The maximum Gasteiger partial charge on any atom is 0.347 e. The summed E-state index contributed by atoms with van der Waals surface area (Å²) >= 11 is 0. The second-order valence-electron chi connectivity index (χ2n) is 7.98. The van der Waals surface area contributed by atoms with Gasteiger partial charge in [0.15, 0.2) is 5.76 Å². The molecule has 0 saturated carbocycles. The van der Waals surface area contributed by atoms with Gasteiger partial charge < -0.3 is 18.8 Å². The first-order valence-electron chi connectivity index (χ1n) is 11.0. The third-order valence-corrected chi connectivity index (χ3v) is 6.01. The fourth-order valence-electron chi connectivity index (χ4n) is 4.24. The Morgan fingerprint density at radius 3 is 2.59 bits per heavy atom. The number of rotatable bonds is 5. The maximum atomic E-state index is 13.1. The van der Waals surface area contributed by atoms with E-state index in [1.807, 2.05) is 24.4 Å². The minimum Gasteiger partial charge on any atom is -0.496 e. The molecule has 6 heteroatoms. The van der Waals surface area contributed by atoms with Gasteiger partial charge in [0.05, 0.1) is 12.7 Å². The second kappa shape index (κ2) is 8.56. The van der Waals surface area contributed by atoms with Crippen LogP contribution in [0.5, 0.6) is 17.2 Å². The van der Waals surface area contributed by atoms with Crippen LogP contribution in [0.15, 0.2) is 72.6 Å². The molecule has 5 rings (SSSR count). The molecule has 0 spiro atoms. The number of Topliss-reactive ketones (excluding diaryl/α,β-unsaturated/α-hetero) is 1. The van der Waals surface area contributed by atoms with Gasteiger partial charge in [-0.2, -0.15) is 0 Å². The van der Waals surface area contributed by atoms with Gasteiger partial charge in [-0.05, 0) is 50.3 Å². The van der Waals surface area contributed by atoms with Crippen molar-refractivity contribution in [2.75, 3.05) is 7.11 Å². The van der Waals surface area contributed by atoms with Crippen LogP contribution < -0.4 is 14.2 Å². The van der Waals surface area contributed by atoms with E-state index in [0.717, 1.165) is 23.0 Å². The largest absolute Gasteiger partial charge is 0.496 e. The van der Waals surface area contributed by atoms with E-state index in [2.05, 4.69) is 17.6 Å². The zero-order chi connectivity index (χ0) is 23.8. The number of carbonyl (C=O) groups excluding carboxylic acids is 2. The van der Waals surface area contributed by atoms with Crippen molar-refractivity contribution in [2.45, 2.75) is 20.4 Å². The molecule has 0 atom stereocenters. The van der Waals surface area contributed by atoms with Crippen molar-refractivity contribution in [3.8, 4) is 17.2 Å². The first-order valence-corrected chi connectivity index (χ1v) is 11.0. The first-order chi connectivity index (χ1) is 16.5. The summed E-state index contributed by atoms with van der Waals surface area (Å²) in [4.78, 5) is 25.8. The molecule has 1 aliphatic rings. The Morgan fingerprint density at radius 1 is 1.03 bits per heavy atom. The number of para-hydroxylation sites is 2. The molecule has 1 aromatic heterocycles. The maximum absolute atomic E-state index is 13.1. The standard InChI is InChI=1S/C28H23NO5/c1-4-29-16-18(19-9-5-7-11-22(19)29)15-25-26(30)21-13-14-23(17(2)27(21)33-25)34-28(31)20-10-6-8-12-24(20)32-3/h5-16H,4H2,1-3H3/b25-15+. The van der Waals surface area contributed by atoms with E-state index in [4.69, 9.17) is 14.2 Å². The van der Waals surface area contributed by atoms with Crippen molar-refractivity contribution in [2.24, 2.45) is 0 Å². The summed E-state index contributed by atoms with van der Waals surface area (Å²) in [6, 6.07) is 18.2. The molecule has 0 radical (unpaired) electrons. The van der Waals surface area contributed by atoms with Gasteiger partial charge in [0.1, 0.15) is 22.8 Å².